The molecule has 0 aliphatic rings. The van der Waals surface area contributed by atoms with Crippen molar-refractivity contribution in [3.63, 3.8) is 0 Å². The molecule has 0 saturated carbocycles. The maximum absolute atomic E-state index is 10.3. The summed E-state index contributed by atoms with van der Waals surface area (Å²) in [5.74, 6) is 0. The number of aromatic nitrogens is 2. The molecule has 4 heteroatoms. The van der Waals surface area contributed by atoms with Gasteiger partial charge in [-0.15, -0.1) is 0 Å². The van der Waals surface area contributed by atoms with Gasteiger partial charge in [0.15, 0.2) is 0 Å². The van der Waals surface area contributed by atoms with E-state index >= 15 is 0 Å². The Labute approximate surface area is 97.7 Å². The van der Waals surface area contributed by atoms with Gasteiger partial charge in [0.1, 0.15) is 0 Å². The van der Waals surface area contributed by atoms with Crippen molar-refractivity contribution >= 4 is 0 Å². The van der Waals surface area contributed by atoms with Gasteiger partial charge < -0.3 is 10.4 Å². The summed E-state index contributed by atoms with van der Waals surface area (Å²) in [5, 5.41) is 17.8. The van der Waals surface area contributed by atoms with Crippen LogP contribution >= 0.6 is 0 Å². The van der Waals surface area contributed by atoms with Crippen molar-refractivity contribution in [2.75, 3.05) is 6.54 Å². The van der Waals surface area contributed by atoms with Crippen molar-refractivity contribution in [2.24, 2.45) is 0 Å². The Morgan fingerprint density at radius 1 is 1.56 bits per heavy atom. The van der Waals surface area contributed by atoms with Crippen LogP contribution in [0.15, 0.2) is 12.4 Å². The van der Waals surface area contributed by atoms with Crippen LogP contribution in [0.2, 0.25) is 0 Å². The Morgan fingerprint density at radius 2 is 2.25 bits per heavy atom. The number of aryl methyl sites for hydroxylation is 1. The van der Waals surface area contributed by atoms with E-state index in [1.807, 2.05) is 24.7 Å². The molecule has 0 fully saturated rings. The summed E-state index contributed by atoms with van der Waals surface area (Å²) < 4.78 is 1.83. The zero-order valence-electron chi connectivity index (χ0n) is 10.7. The third-order valence-corrected chi connectivity index (χ3v) is 2.74. The fourth-order valence-corrected chi connectivity index (χ4v) is 1.56. The minimum atomic E-state index is -0.796. The number of hydrogen-bond donors (Lipinski definition) is 2. The van der Waals surface area contributed by atoms with Crippen molar-refractivity contribution in [3.05, 3.63) is 18.0 Å². The third-order valence-electron chi connectivity index (χ3n) is 2.74. The summed E-state index contributed by atoms with van der Waals surface area (Å²) >= 11 is 0. The van der Waals surface area contributed by atoms with Crippen molar-refractivity contribution in [3.8, 4) is 0 Å². The van der Waals surface area contributed by atoms with E-state index in [4.69, 9.17) is 0 Å². The third kappa shape index (κ3) is 3.61. The average Bonchev–Trinajstić information content (AvgIpc) is 2.65. The summed E-state index contributed by atoms with van der Waals surface area (Å²) in [6.45, 7) is 9.72. The Hall–Kier alpha value is -0.870. The number of nitrogens with zero attached hydrogens (tertiary/aromatic N) is 2. The molecule has 0 radical (unpaired) electrons. The molecular weight excluding hydrogens is 202 g/mol. The van der Waals surface area contributed by atoms with Gasteiger partial charge in [0.05, 0.1) is 11.8 Å². The lowest BCUT2D eigenvalue weighted by Gasteiger charge is -2.22. The molecule has 1 unspecified atom stereocenters. The Morgan fingerprint density at radius 3 is 2.75 bits per heavy atom. The summed E-state index contributed by atoms with van der Waals surface area (Å²) in [6.07, 6.45) is 4.36. The van der Waals surface area contributed by atoms with Gasteiger partial charge in [0.25, 0.3) is 0 Å². The predicted molar refractivity (Wildman–Crippen MR) is 65.2 cm³/mol. The quantitative estimate of drug-likeness (QED) is 0.771. The summed E-state index contributed by atoms with van der Waals surface area (Å²) in [6, 6.07) is 0.453. The van der Waals surface area contributed by atoms with Crippen LogP contribution < -0.4 is 5.32 Å². The van der Waals surface area contributed by atoms with Crippen LogP contribution in [0.4, 0.5) is 0 Å². The van der Waals surface area contributed by atoms with Crippen molar-refractivity contribution in [1.82, 2.24) is 15.1 Å². The molecule has 0 saturated heterocycles. The second kappa shape index (κ2) is 5.46. The lowest BCUT2D eigenvalue weighted by Crippen LogP contribution is -2.31. The van der Waals surface area contributed by atoms with Crippen molar-refractivity contribution < 1.29 is 5.11 Å². The Balaban J connectivity index is 2.55. The van der Waals surface area contributed by atoms with E-state index in [9.17, 15) is 5.11 Å². The Bertz CT molecular complexity index is 318. The van der Waals surface area contributed by atoms with E-state index in [0.29, 0.717) is 12.5 Å². The molecule has 0 aliphatic heterocycles. The number of nitrogens with one attached hydrogen (secondary N) is 1. The second-order valence-electron chi connectivity index (χ2n) is 4.72. The van der Waals surface area contributed by atoms with E-state index < -0.39 is 5.60 Å². The molecule has 1 atom stereocenters. The van der Waals surface area contributed by atoms with Gasteiger partial charge in [0, 0.05) is 24.3 Å². The zero-order valence-corrected chi connectivity index (χ0v) is 10.7. The Kier molecular flexibility index (Phi) is 4.50. The maximum Gasteiger partial charge on any atom is 0.0911 e. The molecular formula is C12H23N3O. The van der Waals surface area contributed by atoms with Crippen LogP contribution in [0.5, 0.6) is 0 Å². The first-order valence-corrected chi connectivity index (χ1v) is 5.94. The van der Waals surface area contributed by atoms with Crippen LogP contribution in [0, 0.1) is 0 Å². The molecule has 2 N–H and O–H groups in total. The molecule has 4 nitrogen and oxygen atoms in total. The van der Waals surface area contributed by atoms with E-state index in [2.05, 4.69) is 24.3 Å². The minimum absolute atomic E-state index is 0.453. The molecule has 0 aromatic carbocycles. The van der Waals surface area contributed by atoms with Gasteiger partial charge in [-0.25, -0.2) is 0 Å². The number of rotatable bonds is 6. The normalized spacial score (nSPS) is 15.4. The molecule has 1 aromatic rings. The molecule has 0 amide bonds. The molecule has 16 heavy (non-hydrogen) atoms. The molecule has 0 aliphatic carbocycles. The average molecular weight is 225 g/mol. The fourth-order valence-electron chi connectivity index (χ4n) is 1.56. The predicted octanol–water partition coefficient (Wildman–Crippen LogP) is 1.50. The van der Waals surface area contributed by atoms with Gasteiger partial charge >= 0.3 is 0 Å². The summed E-state index contributed by atoms with van der Waals surface area (Å²) in [4.78, 5) is 0. The molecule has 0 spiro atoms. The van der Waals surface area contributed by atoms with Crippen molar-refractivity contribution in [1.29, 1.82) is 0 Å². The highest BCUT2D eigenvalue weighted by Crippen LogP contribution is 2.23. The van der Waals surface area contributed by atoms with Gasteiger partial charge in [-0.05, 0) is 26.8 Å². The maximum atomic E-state index is 10.3. The molecule has 1 aromatic heterocycles. The van der Waals surface area contributed by atoms with Crippen LogP contribution in [0.1, 0.15) is 39.7 Å². The lowest BCUT2D eigenvalue weighted by atomic mass is 9.95. The zero-order chi connectivity index (χ0) is 12.2. The highest BCUT2D eigenvalue weighted by Gasteiger charge is 2.24. The first-order valence-electron chi connectivity index (χ1n) is 5.94. The lowest BCUT2D eigenvalue weighted by molar-refractivity contribution is 0.0474. The largest absolute Gasteiger partial charge is 0.385 e. The number of aliphatic hydroxyl groups is 1. The van der Waals surface area contributed by atoms with E-state index in [0.717, 1.165) is 18.7 Å². The molecule has 0 bridgehead atoms. The smallest absolute Gasteiger partial charge is 0.0911 e. The fraction of sp³-hybridized carbons (Fsp3) is 0.750. The van der Waals surface area contributed by atoms with E-state index in [1.165, 1.54) is 0 Å². The molecule has 1 rings (SSSR count). The SMILES string of the molecule is CCn1cc(C(C)(O)CCNC(C)C)cn1. The first-order chi connectivity index (χ1) is 7.45. The monoisotopic (exact) mass is 225 g/mol. The van der Waals surface area contributed by atoms with Gasteiger partial charge in [-0.3, -0.25) is 4.68 Å². The summed E-state index contributed by atoms with van der Waals surface area (Å²) in [7, 11) is 0. The number of hydrogen-bond acceptors (Lipinski definition) is 3. The second-order valence-corrected chi connectivity index (χ2v) is 4.72. The molecule has 92 valence electrons. The van der Waals surface area contributed by atoms with Crippen LogP contribution in [0.3, 0.4) is 0 Å². The van der Waals surface area contributed by atoms with Gasteiger partial charge in [-0.1, -0.05) is 13.8 Å². The highest BCUT2D eigenvalue weighted by atomic mass is 16.3. The van der Waals surface area contributed by atoms with Crippen LogP contribution in [0.25, 0.3) is 0 Å². The first kappa shape index (κ1) is 13.2. The highest BCUT2D eigenvalue weighted by molar-refractivity contribution is 5.13. The van der Waals surface area contributed by atoms with Gasteiger partial charge in [-0.2, -0.15) is 5.10 Å². The van der Waals surface area contributed by atoms with Crippen molar-refractivity contribution in [2.45, 2.75) is 52.3 Å². The topological polar surface area (TPSA) is 50.1 Å². The standard InChI is InChI=1S/C12H23N3O/c1-5-15-9-11(8-14-15)12(4,16)6-7-13-10(2)3/h8-10,13,16H,5-7H2,1-4H3. The molecule has 1 heterocycles. The van der Waals surface area contributed by atoms with Gasteiger partial charge in [0.2, 0.25) is 0 Å². The minimum Gasteiger partial charge on any atom is -0.385 e. The van der Waals surface area contributed by atoms with E-state index in [-0.39, 0.29) is 0 Å². The summed E-state index contributed by atoms with van der Waals surface area (Å²) in [5.41, 5.74) is 0.0925. The van der Waals surface area contributed by atoms with Crippen LogP contribution in [-0.4, -0.2) is 27.5 Å². The van der Waals surface area contributed by atoms with Crippen LogP contribution in [-0.2, 0) is 12.1 Å². The van der Waals surface area contributed by atoms with E-state index in [1.54, 1.807) is 6.20 Å².